The summed E-state index contributed by atoms with van der Waals surface area (Å²) in [6.07, 6.45) is 0. The Morgan fingerprint density at radius 1 is 0.640 bits per heavy atom. The molecule has 0 spiro atoms. The van der Waals surface area contributed by atoms with E-state index in [0.29, 0.717) is 19.6 Å². The number of rotatable bonds is 8. The Morgan fingerprint density at radius 2 is 0.960 bits per heavy atom. The maximum atomic E-state index is 8.48. The Kier molecular flexibility index (Phi) is 9.94. The second-order valence-electron chi connectivity index (χ2n) is 5.61. The molecule has 0 saturated heterocycles. The average molecular weight is 347 g/mol. The topological polar surface area (TPSA) is 116 Å². The number of benzene rings is 2. The third-order valence-corrected chi connectivity index (χ3v) is 3.75. The maximum absolute atomic E-state index is 8.48. The first-order chi connectivity index (χ1) is 12.1. The molecule has 6 nitrogen and oxygen atoms in total. The van der Waals surface area contributed by atoms with Crippen LogP contribution in [0.2, 0.25) is 0 Å². The quantitative estimate of drug-likeness (QED) is 0.432. The van der Waals surface area contributed by atoms with E-state index in [1.54, 1.807) is 4.90 Å². The Bertz CT molecular complexity index is 509. The summed E-state index contributed by atoms with van der Waals surface area (Å²) in [4.78, 5) is 1.79. The predicted octanol–water partition coefficient (Wildman–Crippen LogP) is 0.0704. The molecule has 0 amide bonds. The molecule has 7 N–H and O–H groups in total. The fourth-order valence-corrected chi connectivity index (χ4v) is 2.35. The van der Waals surface area contributed by atoms with Crippen LogP contribution in [0.15, 0.2) is 60.7 Å². The molecule has 0 aliphatic heterocycles. The SMILES string of the molecule is NC(N)(c1ccccc1)c1ccccc1.OCCN(CCO)CCO. The van der Waals surface area contributed by atoms with Crippen molar-refractivity contribution >= 4 is 0 Å². The molecule has 0 heterocycles. The van der Waals surface area contributed by atoms with Gasteiger partial charge in [0, 0.05) is 19.6 Å². The normalized spacial score (nSPS) is 11.1. The molecule has 0 aliphatic carbocycles. The van der Waals surface area contributed by atoms with Crippen LogP contribution in [-0.2, 0) is 5.66 Å². The van der Waals surface area contributed by atoms with Crippen molar-refractivity contribution in [1.82, 2.24) is 4.90 Å². The molecular formula is C19H29N3O3. The van der Waals surface area contributed by atoms with E-state index in [-0.39, 0.29) is 19.8 Å². The fraction of sp³-hybridized carbons (Fsp3) is 0.368. The smallest absolute Gasteiger partial charge is 0.116 e. The summed E-state index contributed by atoms with van der Waals surface area (Å²) in [5.41, 5.74) is 13.2. The number of aliphatic hydroxyl groups excluding tert-OH is 3. The standard InChI is InChI=1S/C13H14N2.C6H15NO3/c14-13(15,11-7-3-1-4-8-11)12-9-5-2-6-10-12;8-4-1-7(2-5-9)3-6-10/h1-10H,14-15H2;8-10H,1-6H2. The molecule has 2 aromatic carbocycles. The molecule has 25 heavy (non-hydrogen) atoms. The summed E-state index contributed by atoms with van der Waals surface area (Å²) >= 11 is 0. The molecule has 0 bridgehead atoms. The van der Waals surface area contributed by atoms with Crippen molar-refractivity contribution in [3.63, 3.8) is 0 Å². The van der Waals surface area contributed by atoms with Gasteiger partial charge in [-0.1, -0.05) is 60.7 Å². The summed E-state index contributed by atoms with van der Waals surface area (Å²) in [7, 11) is 0. The Labute approximate surface area is 149 Å². The van der Waals surface area contributed by atoms with Crippen LogP contribution in [-0.4, -0.2) is 59.7 Å². The zero-order chi connectivity index (χ0) is 18.5. The fourth-order valence-electron chi connectivity index (χ4n) is 2.35. The summed E-state index contributed by atoms with van der Waals surface area (Å²) in [5.74, 6) is 0. The third-order valence-electron chi connectivity index (χ3n) is 3.75. The van der Waals surface area contributed by atoms with Crippen LogP contribution in [0.4, 0.5) is 0 Å². The number of hydrogen-bond acceptors (Lipinski definition) is 6. The van der Waals surface area contributed by atoms with Crippen LogP contribution in [0, 0.1) is 0 Å². The van der Waals surface area contributed by atoms with E-state index in [1.165, 1.54) is 0 Å². The van der Waals surface area contributed by atoms with Crippen LogP contribution in [0.1, 0.15) is 11.1 Å². The van der Waals surface area contributed by atoms with Crippen molar-refractivity contribution in [2.75, 3.05) is 39.5 Å². The lowest BCUT2D eigenvalue weighted by atomic mass is 9.93. The largest absolute Gasteiger partial charge is 0.395 e. The molecule has 138 valence electrons. The summed E-state index contributed by atoms with van der Waals surface area (Å²) in [6.45, 7) is 1.75. The van der Waals surface area contributed by atoms with Gasteiger partial charge in [0.25, 0.3) is 0 Å². The lowest BCUT2D eigenvalue weighted by molar-refractivity contribution is 0.136. The highest BCUT2D eigenvalue weighted by atomic mass is 16.3. The van der Waals surface area contributed by atoms with Crippen molar-refractivity contribution in [3.8, 4) is 0 Å². The van der Waals surface area contributed by atoms with E-state index in [2.05, 4.69) is 0 Å². The molecule has 0 radical (unpaired) electrons. The van der Waals surface area contributed by atoms with Crippen molar-refractivity contribution in [2.45, 2.75) is 5.66 Å². The summed E-state index contributed by atoms with van der Waals surface area (Å²) < 4.78 is 0. The van der Waals surface area contributed by atoms with Crippen LogP contribution in [0.3, 0.4) is 0 Å². The van der Waals surface area contributed by atoms with Crippen molar-refractivity contribution in [3.05, 3.63) is 71.8 Å². The van der Waals surface area contributed by atoms with Gasteiger partial charge in [-0.2, -0.15) is 0 Å². The first-order valence-corrected chi connectivity index (χ1v) is 8.30. The molecule has 2 rings (SSSR count). The molecule has 0 aliphatic rings. The van der Waals surface area contributed by atoms with Gasteiger partial charge in [0.15, 0.2) is 0 Å². The zero-order valence-corrected chi connectivity index (χ0v) is 14.5. The van der Waals surface area contributed by atoms with E-state index in [4.69, 9.17) is 26.8 Å². The van der Waals surface area contributed by atoms with E-state index < -0.39 is 5.66 Å². The lowest BCUT2D eigenvalue weighted by Crippen LogP contribution is -2.46. The Balaban J connectivity index is 0.000000275. The summed E-state index contributed by atoms with van der Waals surface area (Å²) in [6, 6.07) is 19.4. The highest BCUT2D eigenvalue weighted by molar-refractivity contribution is 5.35. The highest BCUT2D eigenvalue weighted by Crippen LogP contribution is 2.20. The molecule has 0 aromatic heterocycles. The second kappa shape index (κ2) is 11.7. The van der Waals surface area contributed by atoms with Crippen molar-refractivity contribution < 1.29 is 15.3 Å². The molecule has 0 unspecified atom stereocenters. The van der Waals surface area contributed by atoms with Gasteiger partial charge in [-0.15, -0.1) is 0 Å². The van der Waals surface area contributed by atoms with Crippen molar-refractivity contribution in [2.24, 2.45) is 11.5 Å². The third kappa shape index (κ3) is 7.31. The molecule has 0 fully saturated rings. The lowest BCUT2D eigenvalue weighted by Gasteiger charge is -2.25. The molecule has 6 heteroatoms. The molecule has 0 atom stereocenters. The van der Waals surface area contributed by atoms with E-state index in [9.17, 15) is 0 Å². The van der Waals surface area contributed by atoms with Gasteiger partial charge in [-0.25, -0.2) is 0 Å². The van der Waals surface area contributed by atoms with Crippen LogP contribution >= 0.6 is 0 Å². The number of nitrogens with two attached hydrogens (primary N) is 2. The Hall–Kier alpha value is -1.80. The van der Waals surface area contributed by atoms with Crippen LogP contribution in [0.5, 0.6) is 0 Å². The first kappa shape index (κ1) is 21.2. The molecular weight excluding hydrogens is 318 g/mol. The minimum Gasteiger partial charge on any atom is -0.395 e. The van der Waals surface area contributed by atoms with Gasteiger partial charge in [0.1, 0.15) is 5.66 Å². The number of aliphatic hydroxyl groups is 3. The van der Waals surface area contributed by atoms with E-state index >= 15 is 0 Å². The monoisotopic (exact) mass is 347 g/mol. The van der Waals surface area contributed by atoms with Gasteiger partial charge in [-0.05, 0) is 11.1 Å². The van der Waals surface area contributed by atoms with Gasteiger partial charge in [0.2, 0.25) is 0 Å². The van der Waals surface area contributed by atoms with Gasteiger partial charge in [0.05, 0.1) is 19.8 Å². The predicted molar refractivity (Wildman–Crippen MR) is 99.7 cm³/mol. The molecule has 0 saturated carbocycles. The zero-order valence-electron chi connectivity index (χ0n) is 14.5. The van der Waals surface area contributed by atoms with E-state index in [1.807, 2.05) is 60.7 Å². The minimum atomic E-state index is -0.914. The van der Waals surface area contributed by atoms with E-state index in [0.717, 1.165) is 11.1 Å². The minimum absolute atomic E-state index is 0.0694. The average Bonchev–Trinajstić information content (AvgIpc) is 2.64. The van der Waals surface area contributed by atoms with Crippen LogP contribution < -0.4 is 11.5 Å². The number of hydrogen-bond donors (Lipinski definition) is 5. The van der Waals surface area contributed by atoms with Gasteiger partial charge in [-0.3, -0.25) is 4.90 Å². The first-order valence-electron chi connectivity index (χ1n) is 8.30. The highest BCUT2D eigenvalue weighted by Gasteiger charge is 2.23. The second-order valence-corrected chi connectivity index (χ2v) is 5.61. The van der Waals surface area contributed by atoms with Gasteiger partial charge < -0.3 is 26.8 Å². The van der Waals surface area contributed by atoms with Crippen LogP contribution in [0.25, 0.3) is 0 Å². The van der Waals surface area contributed by atoms with Gasteiger partial charge >= 0.3 is 0 Å². The maximum Gasteiger partial charge on any atom is 0.116 e. The number of nitrogens with zero attached hydrogens (tertiary/aromatic N) is 1. The Morgan fingerprint density at radius 3 is 1.24 bits per heavy atom. The molecule has 2 aromatic rings. The van der Waals surface area contributed by atoms with Crippen molar-refractivity contribution in [1.29, 1.82) is 0 Å². The summed E-state index contributed by atoms with van der Waals surface area (Å²) in [5, 5.41) is 25.5.